The summed E-state index contributed by atoms with van der Waals surface area (Å²) < 4.78 is 41.0. The van der Waals surface area contributed by atoms with Gasteiger partial charge in [0.25, 0.3) is 0 Å². The minimum atomic E-state index is -4.36. The predicted octanol–water partition coefficient (Wildman–Crippen LogP) is 5.85. The Morgan fingerprint density at radius 2 is 1.87 bits per heavy atom. The minimum absolute atomic E-state index is 0.0221. The molecule has 3 fully saturated rings. The predicted molar refractivity (Wildman–Crippen MR) is 109 cm³/mol. The van der Waals surface area contributed by atoms with Gasteiger partial charge in [0.05, 0.1) is 11.8 Å². The number of hydrogen-bond acceptors (Lipinski definition) is 2. The Morgan fingerprint density at radius 1 is 1.10 bits per heavy atom. The second kappa shape index (κ2) is 6.60. The number of alkyl halides is 3. The Kier molecular flexibility index (Phi) is 4.53. The van der Waals surface area contributed by atoms with Gasteiger partial charge in [-0.2, -0.15) is 18.3 Å². The van der Waals surface area contributed by atoms with Gasteiger partial charge in [-0.1, -0.05) is 25.5 Å². The third-order valence-corrected chi connectivity index (χ3v) is 9.62. The van der Waals surface area contributed by atoms with Crippen molar-refractivity contribution in [3.05, 3.63) is 29.1 Å². The fraction of sp³-hybridized carbons (Fsp3) is 0.792. The summed E-state index contributed by atoms with van der Waals surface area (Å²) in [6, 6.07) is 1.30. The van der Waals surface area contributed by atoms with E-state index in [2.05, 4.69) is 25.0 Å². The van der Waals surface area contributed by atoms with Gasteiger partial charge in [0.2, 0.25) is 0 Å². The molecule has 0 radical (unpaired) electrons. The number of aliphatic hydroxyl groups is 1. The maximum Gasteiger partial charge on any atom is 0.433 e. The topological polar surface area (TPSA) is 38.0 Å². The number of fused-ring (bicyclic) bond motifs is 5. The second-order valence-corrected chi connectivity index (χ2v) is 10.9. The van der Waals surface area contributed by atoms with Gasteiger partial charge in [0, 0.05) is 13.0 Å². The Bertz CT molecular complexity index is 874. The van der Waals surface area contributed by atoms with E-state index in [9.17, 15) is 18.3 Å². The van der Waals surface area contributed by atoms with Gasteiger partial charge >= 0.3 is 6.18 Å². The van der Waals surface area contributed by atoms with E-state index in [-0.39, 0.29) is 22.9 Å². The van der Waals surface area contributed by atoms with Crippen LogP contribution in [0, 0.1) is 28.6 Å². The molecule has 0 saturated heterocycles. The lowest BCUT2D eigenvalue weighted by Gasteiger charge is -2.58. The minimum Gasteiger partial charge on any atom is -0.393 e. The summed E-state index contributed by atoms with van der Waals surface area (Å²) in [5.74, 6) is 1.89. The van der Waals surface area contributed by atoms with Gasteiger partial charge in [0.15, 0.2) is 0 Å². The Hall–Kier alpha value is -1.30. The van der Waals surface area contributed by atoms with Crippen LogP contribution in [0.1, 0.15) is 82.5 Å². The van der Waals surface area contributed by atoms with Crippen molar-refractivity contribution >= 4 is 0 Å². The van der Waals surface area contributed by atoms with Crippen LogP contribution in [0.15, 0.2) is 17.7 Å². The standard InChI is InChI=1S/C24H33F3N2O/c1-22-10-8-15(30)12-14(22)4-5-16-17-6-7-19(23(17,2)11-9-18(16)22)20-13-21(24(25,26)27)29(3)28-20/h4,13,15-19,30H,5-12H2,1-3H3/t15-,16-,17-,18-,19+,22-,23-/m0/s1. The average Bonchev–Trinajstić information content (AvgIpc) is 3.21. The maximum atomic E-state index is 13.3. The summed E-state index contributed by atoms with van der Waals surface area (Å²) in [7, 11) is 1.41. The van der Waals surface area contributed by atoms with E-state index in [1.807, 2.05) is 0 Å². The van der Waals surface area contributed by atoms with Crippen LogP contribution in [0.3, 0.4) is 0 Å². The lowest BCUT2D eigenvalue weighted by Crippen LogP contribution is -2.50. The molecule has 0 bridgehead atoms. The number of nitrogens with zero attached hydrogens (tertiary/aromatic N) is 2. The van der Waals surface area contributed by atoms with Crippen molar-refractivity contribution in [2.45, 2.75) is 83.4 Å². The van der Waals surface area contributed by atoms with Crippen LogP contribution in [-0.2, 0) is 13.2 Å². The highest BCUT2D eigenvalue weighted by atomic mass is 19.4. The van der Waals surface area contributed by atoms with Crippen molar-refractivity contribution in [2.24, 2.45) is 35.6 Å². The monoisotopic (exact) mass is 422 g/mol. The summed E-state index contributed by atoms with van der Waals surface area (Å²) >= 11 is 0. The molecule has 0 unspecified atom stereocenters. The molecule has 1 aromatic rings. The van der Waals surface area contributed by atoms with Crippen molar-refractivity contribution in [1.82, 2.24) is 9.78 Å². The van der Waals surface area contributed by atoms with Crippen LogP contribution in [-0.4, -0.2) is 21.0 Å². The highest BCUT2D eigenvalue weighted by Crippen LogP contribution is 2.67. The molecule has 1 aromatic heterocycles. The molecule has 4 aliphatic rings. The quantitative estimate of drug-likeness (QED) is 0.577. The molecule has 3 nitrogen and oxygen atoms in total. The molecule has 1 heterocycles. The lowest BCUT2D eigenvalue weighted by molar-refractivity contribution is -0.143. The van der Waals surface area contributed by atoms with Crippen molar-refractivity contribution in [3.63, 3.8) is 0 Å². The zero-order valence-electron chi connectivity index (χ0n) is 18.2. The van der Waals surface area contributed by atoms with Gasteiger partial charge in [-0.15, -0.1) is 0 Å². The molecule has 1 N–H and O–H groups in total. The molecular formula is C24H33F3N2O. The third kappa shape index (κ3) is 2.85. The smallest absolute Gasteiger partial charge is 0.393 e. The number of aryl methyl sites for hydroxylation is 1. The first-order valence-corrected chi connectivity index (χ1v) is 11.5. The lowest BCUT2D eigenvalue weighted by atomic mass is 9.47. The molecule has 0 aliphatic heterocycles. The van der Waals surface area contributed by atoms with Crippen LogP contribution in [0.5, 0.6) is 0 Å². The largest absolute Gasteiger partial charge is 0.433 e. The van der Waals surface area contributed by atoms with E-state index in [1.54, 1.807) is 0 Å². The molecule has 0 amide bonds. The molecule has 5 rings (SSSR count). The van der Waals surface area contributed by atoms with Crippen LogP contribution in [0.2, 0.25) is 0 Å². The highest BCUT2D eigenvalue weighted by Gasteiger charge is 2.59. The fourth-order valence-electron chi connectivity index (χ4n) is 8.05. The first-order valence-electron chi connectivity index (χ1n) is 11.5. The van der Waals surface area contributed by atoms with Crippen molar-refractivity contribution in [2.75, 3.05) is 0 Å². The van der Waals surface area contributed by atoms with E-state index >= 15 is 0 Å². The number of aromatic nitrogens is 2. The Labute approximate surface area is 176 Å². The molecule has 30 heavy (non-hydrogen) atoms. The van der Waals surface area contributed by atoms with E-state index in [0.717, 1.165) is 56.0 Å². The second-order valence-electron chi connectivity index (χ2n) is 10.9. The van der Waals surface area contributed by atoms with Gasteiger partial charge < -0.3 is 5.11 Å². The third-order valence-electron chi connectivity index (χ3n) is 9.62. The summed E-state index contributed by atoms with van der Waals surface area (Å²) in [6.07, 6.45) is 5.89. The van der Waals surface area contributed by atoms with Crippen LogP contribution in [0.4, 0.5) is 13.2 Å². The molecule has 7 atom stereocenters. The average molecular weight is 423 g/mol. The molecule has 4 aliphatic carbocycles. The summed E-state index contributed by atoms with van der Waals surface area (Å²) in [5, 5.41) is 14.5. The SMILES string of the molecule is Cn1nc([C@H]2CC[C@H]3[C@@H]4CC=C5C[C@@H](O)CC[C@]5(C)[C@H]4CC[C@]23C)cc1C(F)(F)F. The fourth-order valence-corrected chi connectivity index (χ4v) is 8.05. The Balaban J connectivity index is 1.45. The number of allylic oxidation sites excluding steroid dienone is 1. The van der Waals surface area contributed by atoms with Gasteiger partial charge in [-0.05, 0) is 86.0 Å². The first-order chi connectivity index (χ1) is 14.0. The number of aliphatic hydroxyl groups excluding tert-OH is 1. The molecular weight excluding hydrogens is 389 g/mol. The van der Waals surface area contributed by atoms with Crippen molar-refractivity contribution < 1.29 is 18.3 Å². The van der Waals surface area contributed by atoms with Crippen LogP contribution < -0.4 is 0 Å². The maximum absolute atomic E-state index is 13.3. The van der Waals surface area contributed by atoms with E-state index in [0.29, 0.717) is 23.4 Å². The number of halogens is 3. The molecule has 6 heteroatoms. The number of rotatable bonds is 1. The summed E-state index contributed by atoms with van der Waals surface area (Å²) in [4.78, 5) is 0. The van der Waals surface area contributed by atoms with Gasteiger partial charge in [-0.3, -0.25) is 4.68 Å². The zero-order chi connectivity index (χ0) is 21.5. The van der Waals surface area contributed by atoms with Crippen LogP contribution >= 0.6 is 0 Å². The summed E-state index contributed by atoms with van der Waals surface area (Å²) in [6.45, 7) is 4.73. The zero-order valence-corrected chi connectivity index (χ0v) is 18.2. The number of hydrogen-bond donors (Lipinski definition) is 1. The van der Waals surface area contributed by atoms with Gasteiger partial charge in [-0.25, -0.2) is 0 Å². The normalized spacial score (nSPS) is 43.6. The molecule has 0 aromatic carbocycles. The van der Waals surface area contributed by atoms with Crippen molar-refractivity contribution in [1.29, 1.82) is 0 Å². The first kappa shape index (κ1) is 20.6. The highest BCUT2D eigenvalue weighted by molar-refractivity contribution is 5.28. The molecule has 166 valence electrons. The molecule has 3 saturated carbocycles. The van der Waals surface area contributed by atoms with E-state index < -0.39 is 11.9 Å². The Morgan fingerprint density at radius 3 is 2.57 bits per heavy atom. The van der Waals surface area contributed by atoms with Crippen LogP contribution in [0.25, 0.3) is 0 Å². The van der Waals surface area contributed by atoms with Crippen molar-refractivity contribution in [3.8, 4) is 0 Å². The van der Waals surface area contributed by atoms with E-state index in [4.69, 9.17) is 0 Å². The molecule has 0 spiro atoms. The van der Waals surface area contributed by atoms with E-state index in [1.165, 1.54) is 18.7 Å². The summed E-state index contributed by atoms with van der Waals surface area (Å²) in [5.41, 5.74) is 1.66. The van der Waals surface area contributed by atoms with Gasteiger partial charge in [0.1, 0.15) is 5.69 Å².